The van der Waals surface area contributed by atoms with Crippen LogP contribution in [-0.4, -0.2) is 48.4 Å². The van der Waals surface area contributed by atoms with Crippen molar-refractivity contribution in [3.8, 4) is 0 Å². The van der Waals surface area contributed by atoms with Crippen LogP contribution < -0.4 is 4.90 Å². The molecule has 3 aromatic heterocycles. The maximum absolute atomic E-state index is 12.8. The Labute approximate surface area is 140 Å². The molecule has 1 aliphatic heterocycles. The second-order valence-electron chi connectivity index (χ2n) is 6.20. The van der Waals surface area contributed by atoms with Gasteiger partial charge in [-0.3, -0.25) is 0 Å². The molecular weight excluding hydrogens is 337 g/mol. The van der Waals surface area contributed by atoms with Crippen molar-refractivity contribution in [2.75, 3.05) is 18.5 Å². The minimum Gasteiger partial charge on any atom is -0.358 e. The molecule has 8 nitrogen and oxygen atoms in total. The summed E-state index contributed by atoms with van der Waals surface area (Å²) >= 11 is 0. The molecular formula is C14H15F3N8. The number of anilines is 1. The molecule has 0 fully saturated rings. The number of aromatic nitrogens is 7. The summed E-state index contributed by atoms with van der Waals surface area (Å²) in [4.78, 5) is 5.67. The first kappa shape index (κ1) is 15.8. The van der Waals surface area contributed by atoms with Gasteiger partial charge in [0.15, 0.2) is 17.2 Å². The van der Waals surface area contributed by atoms with Gasteiger partial charge in [-0.25, -0.2) is 4.98 Å². The average molecular weight is 352 g/mol. The van der Waals surface area contributed by atoms with Gasteiger partial charge in [0.05, 0.1) is 0 Å². The Morgan fingerprint density at radius 2 is 2.16 bits per heavy atom. The Bertz CT molecular complexity index is 899. The maximum atomic E-state index is 12.8. The van der Waals surface area contributed by atoms with Gasteiger partial charge in [0.25, 0.3) is 0 Å². The first-order chi connectivity index (χ1) is 11.9. The van der Waals surface area contributed by atoms with E-state index in [2.05, 4.69) is 25.6 Å². The highest BCUT2D eigenvalue weighted by molar-refractivity contribution is 5.43. The molecule has 3 aromatic rings. The lowest BCUT2D eigenvalue weighted by atomic mass is 9.99. The van der Waals surface area contributed by atoms with E-state index in [0.29, 0.717) is 36.8 Å². The number of fused-ring (bicyclic) bond motifs is 2. The quantitative estimate of drug-likeness (QED) is 0.710. The van der Waals surface area contributed by atoms with Crippen molar-refractivity contribution >= 4 is 11.5 Å². The molecule has 1 aliphatic rings. The van der Waals surface area contributed by atoms with E-state index < -0.39 is 11.9 Å². The third-order valence-electron chi connectivity index (χ3n) is 4.36. The van der Waals surface area contributed by atoms with Crippen LogP contribution in [0.5, 0.6) is 0 Å². The first-order valence-corrected chi connectivity index (χ1v) is 7.80. The van der Waals surface area contributed by atoms with Gasteiger partial charge in [-0.2, -0.15) is 13.2 Å². The Morgan fingerprint density at radius 3 is 2.96 bits per heavy atom. The molecule has 0 aliphatic carbocycles. The molecule has 1 atom stereocenters. The van der Waals surface area contributed by atoms with Crippen LogP contribution in [0.25, 0.3) is 5.65 Å². The van der Waals surface area contributed by atoms with Crippen LogP contribution >= 0.6 is 0 Å². The highest BCUT2D eigenvalue weighted by atomic mass is 19.4. The molecule has 4 heterocycles. The molecule has 0 N–H and O–H groups in total. The number of tetrazole rings is 1. The molecule has 25 heavy (non-hydrogen) atoms. The summed E-state index contributed by atoms with van der Waals surface area (Å²) in [5.41, 5.74) is -0.264. The van der Waals surface area contributed by atoms with E-state index in [4.69, 9.17) is 0 Å². The molecule has 0 saturated carbocycles. The van der Waals surface area contributed by atoms with Gasteiger partial charge < -0.3 is 9.47 Å². The standard InChI is InChI=1S/C14H15F3N8/c1-23(13-5-4-12-19-21-22-25(12)20-13)6-9-2-3-11-18-10(14(15,16)17)8-24(11)7-9/h4-5,8-9H,2-3,6-7H2,1H3/t9-/m0/s1. The number of aryl methyl sites for hydroxylation is 1. The molecule has 0 radical (unpaired) electrons. The third kappa shape index (κ3) is 3.01. The molecule has 4 rings (SSSR count). The predicted molar refractivity (Wildman–Crippen MR) is 80.9 cm³/mol. The Balaban J connectivity index is 1.47. The fraction of sp³-hybridized carbons (Fsp3) is 0.500. The van der Waals surface area contributed by atoms with Crippen LogP contribution in [0.4, 0.5) is 19.0 Å². The molecule has 0 saturated heterocycles. The van der Waals surface area contributed by atoms with Crippen LogP contribution in [0.3, 0.4) is 0 Å². The van der Waals surface area contributed by atoms with Crippen LogP contribution in [0, 0.1) is 5.92 Å². The predicted octanol–water partition coefficient (Wildman–Crippen LogP) is 1.43. The molecule has 0 unspecified atom stereocenters. The van der Waals surface area contributed by atoms with Gasteiger partial charge in [-0.1, -0.05) is 0 Å². The zero-order valence-corrected chi connectivity index (χ0v) is 13.3. The minimum atomic E-state index is -4.40. The van der Waals surface area contributed by atoms with E-state index in [1.165, 1.54) is 4.63 Å². The van der Waals surface area contributed by atoms with Crippen molar-refractivity contribution in [1.29, 1.82) is 0 Å². The molecule has 0 amide bonds. The topological polar surface area (TPSA) is 77.0 Å². The third-order valence-corrected chi connectivity index (χ3v) is 4.36. The fourth-order valence-electron chi connectivity index (χ4n) is 3.12. The number of alkyl halides is 3. The van der Waals surface area contributed by atoms with Crippen molar-refractivity contribution in [2.24, 2.45) is 5.92 Å². The van der Waals surface area contributed by atoms with Crippen LogP contribution in [0.1, 0.15) is 17.9 Å². The van der Waals surface area contributed by atoms with Gasteiger partial charge in [0.1, 0.15) is 5.82 Å². The zero-order valence-electron chi connectivity index (χ0n) is 13.3. The van der Waals surface area contributed by atoms with E-state index in [0.717, 1.165) is 12.6 Å². The molecule has 11 heteroatoms. The second-order valence-corrected chi connectivity index (χ2v) is 6.20. The fourth-order valence-corrected chi connectivity index (χ4v) is 3.12. The number of rotatable bonds is 3. The van der Waals surface area contributed by atoms with E-state index in [-0.39, 0.29) is 5.92 Å². The van der Waals surface area contributed by atoms with E-state index in [1.807, 2.05) is 18.0 Å². The van der Waals surface area contributed by atoms with Crippen molar-refractivity contribution in [3.05, 3.63) is 29.8 Å². The molecule has 0 aromatic carbocycles. The number of halogens is 3. The van der Waals surface area contributed by atoms with Crippen molar-refractivity contribution in [2.45, 2.75) is 25.6 Å². The smallest absolute Gasteiger partial charge is 0.358 e. The summed E-state index contributed by atoms with van der Waals surface area (Å²) in [6.07, 6.45) is -1.98. The van der Waals surface area contributed by atoms with Crippen molar-refractivity contribution in [1.82, 2.24) is 34.8 Å². The molecule has 0 bridgehead atoms. The lowest BCUT2D eigenvalue weighted by Crippen LogP contribution is -2.32. The summed E-state index contributed by atoms with van der Waals surface area (Å²) < 4.78 is 41.3. The van der Waals surface area contributed by atoms with E-state index in [9.17, 15) is 13.2 Å². The van der Waals surface area contributed by atoms with Crippen LogP contribution in [-0.2, 0) is 19.1 Å². The highest BCUT2D eigenvalue weighted by Crippen LogP contribution is 2.31. The van der Waals surface area contributed by atoms with Gasteiger partial charge in [-0.15, -0.1) is 14.8 Å². The first-order valence-electron chi connectivity index (χ1n) is 7.80. The van der Waals surface area contributed by atoms with Gasteiger partial charge in [0, 0.05) is 32.8 Å². The SMILES string of the molecule is CN(C[C@@H]1CCc2nc(C(F)(F)F)cn2C1)c1ccc2nnnn2n1. The maximum Gasteiger partial charge on any atom is 0.434 e. The average Bonchev–Trinajstić information content (AvgIpc) is 3.19. The van der Waals surface area contributed by atoms with Crippen LogP contribution in [0.15, 0.2) is 18.3 Å². The lowest BCUT2D eigenvalue weighted by molar-refractivity contribution is -0.141. The van der Waals surface area contributed by atoms with Crippen LogP contribution in [0.2, 0.25) is 0 Å². The minimum absolute atomic E-state index is 0.208. The summed E-state index contributed by atoms with van der Waals surface area (Å²) in [5.74, 6) is 1.41. The Morgan fingerprint density at radius 1 is 1.32 bits per heavy atom. The van der Waals surface area contributed by atoms with E-state index >= 15 is 0 Å². The number of hydrogen-bond donors (Lipinski definition) is 0. The van der Waals surface area contributed by atoms with Gasteiger partial charge in [0.2, 0.25) is 0 Å². The summed E-state index contributed by atoms with van der Waals surface area (Å²) in [7, 11) is 1.89. The lowest BCUT2D eigenvalue weighted by Gasteiger charge is -2.28. The summed E-state index contributed by atoms with van der Waals surface area (Å²) in [5, 5.41) is 15.4. The van der Waals surface area contributed by atoms with Crippen molar-refractivity contribution in [3.63, 3.8) is 0 Å². The van der Waals surface area contributed by atoms with Gasteiger partial charge >= 0.3 is 6.18 Å². The number of nitrogens with zero attached hydrogens (tertiary/aromatic N) is 8. The second kappa shape index (κ2) is 5.67. The zero-order chi connectivity index (χ0) is 17.6. The Kier molecular flexibility index (Phi) is 3.58. The molecule has 132 valence electrons. The van der Waals surface area contributed by atoms with Crippen molar-refractivity contribution < 1.29 is 13.2 Å². The number of hydrogen-bond acceptors (Lipinski definition) is 6. The summed E-state index contributed by atoms with van der Waals surface area (Å²) in [6, 6.07) is 3.59. The normalized spacial score (nSPS) is 17.7. The monoisotopic (exact) mass is 352 g/mol. The number of imidazole rings is 1. The van der Waals surface area contributed by atoms with Gasteiger partial charge in [-0.05, 0) is 34.9 Å². The summed E-state index contributed by atoms with van der Waals surface area (Å²) in [6.45, 7) is 1.18. The Hall–Kier alpha value is -2.72. The van der Waals surface area contributed by atoms with E-state index in [1.54, 1.807) is 10.6 Å². The largest absolute Gasteiger partial charge is 0.434 e. The highest BCUT2D eigenvalue weighted by Gasteiger charge is 2.35. The molecule has 0 spiro atoms.